The molecule has 0 saturated heterocycles. The third-order valence-electron chi connectivity index (χ3n) is 9.91. The Labute approximate surface area is 399 Å². The molecule has 7 aromatic rings. The minimum atomic E-state index is -1.58. The van der Waals surface area contributed by atoms with Crippen LogP contribution in [0.3, 0.4) is 0 Å². The number of rotatable bonds is 14. The number of phenolic OH excluding ortho intramolecular Hbond substituents is 10. The number of H-pyrrole nitrogens is 1. The topological polar surface area (TPSA) is 400 Å². The summed E-state index contributed by atoms with van der Waals surface area (Å²) in [5.41, 5.74) is -2.44. The molecule has 368 valence electrons. The standard InChI is InChI=1S/C47H31FN2O22/c48-24-4-1-18(2-5-24)3-6-25-17-26(50-49-25)47(67)72-36-16-23(11-31(55)41(36)60)46(66)71-35-15-22(10-30(54)40(35)59)45(65)70-34-14-21(9-29(53)39(34)58)44(64)69-33-13-20(8-28(52)38(33)57)43(63)68-32-12-19(42(61)62)7-27(51)37(32)56/h1-2,4-5,7-17,51-60H,3,6H2,(H,49,50)(H,61,62). The molecule has 0 aliphatic heterocycles. The molecule has 25 heteroatoms. The summed E-state index contributed by atoms with van der Waals surface area (Å²) in [5.74, 6) is -24.4. The van der Waals surface area contributed by atoms with Gasteiger partial charge in [-0.15, -0.1) is 0 Å². The van der Waals surface area contributed by atoms with E-state index in [1.165, 1.54) is 18.2 Å². The molecule has 12 N–H and O–H groups in total. The normalized spacial score (nSPS) is 10.8. The number of aromatic amines is 1. The van der Waals surface area contributed by atoms with E-state index in [9.17, 15) is 89.3 Å². The Bertz CT molecular complexity index is 3390. The number of phenols is 10. The van der Waals surface area contributed by atoms with Gasteiger partial charge in [0.05, 0.1) is 33.5 Å². The van der Waals surface area contributed by atoms with Crippen LogP contribution in [0.5, 0.6) is 86.2 Å². The molecule has 7 rings (SSSR count). The lowest BCUT2D eigenvalue weighted by Crippen LogP contribution is -2.14. The molecule has 72 heavy (non-hydrogen) atoms. The van der Waals surface area contributed by atoms with Crippen molar-refractivity contribution in [2.75, 3.05) is 0 Å². The smallest absolute Gasteiger partial charge is 0.361 e. The van der Waals surface area contributed by atoms with Crippen LogP contribution in [0, 0.1) is 5.82 Å². The van der Waals surface area contributed by atoms with Gasteiger partial charge in [0.15, 0.2) is 57.5 Å². The second-order valence-corrected chi connectivity index (χ2v) is 14.9. The number of carbonyl (C=O) groups excluding carboxylic acids is 5. The molecule has 0 unspecified atom stereocenters. The number of benzene rings is 6. The maximum absolute atomic E-state index is 13.3. The number of carboxylic acid groups (broad SMARTS) is 1. The average molecular weight is 995 g/mol. The zero-order valence-electron chi connectivity index (χ0n) is 35.8. The van der Waals surface area contributed by atoms with Crippen molar-refractivity contribution in [3.63, 3.8) is 0 Å². The molecule has 0 fully saturated rings. The molecule has 0 atom stereocenters. The van der Waals surface area contributed by atoms with E-state index in [1.54, 1.807) is 12.1 Å². The number of aromatic carboxylic acids is 1. The SMILES string of the molecule is O=C(O)c1cc(O)c(O)c(OC(=O)c2cc(O)c(O)c(OC(=O)c3cc(O)c(O)c(OC(=O)c4cc(O)c(O)c(OC(=O)c5cc(O)c(O)c(OC(=O)c6cc(CCc7ccc(F)cc7)n[nH]6)c5)c4)c3)c2)c1. The number of aromatic hydroxyl groups is 10. The summed E-state index contributed by atoms with van der Waals surface area (Å²) in [4.78, 5) is 77.1. The largest absolute Gasteiger partial charge is 0.504 e. The van der Waals surface area contributed by atoms with Crippen LogP contribution < -0.4 is 23.7 Å². The van der Waals surface area contributed by atoms with Crippen LogP contribution >= 0.6 is 0 Å². The monoisotopic (exact) mass is 994 g/mol. The number of aryl methyl sites for hydroxylation is 2. The van der Waals surface area contributed by atoms with Crippen molar-refractivity contribution in [1.82, 2.24) is 10.2 Å². The number of halogens is 1. The fourth-order valence-electron chi connectivity index (χ4n) is 6.26. The zero-order chi connectivity index (χ0) is 52.3. The summed E-state index contributed by atoms with van der Waals surface area (Å²) >= 11 is 0. The molecule has 0 spiro atoms. The van der Waals surface area contributed by atoms with Crippen molar-refractivity contribution < 1.29 is 113 Å². The molecule has 6 aromatic carbocycles. The van der Waals surface area contributed by atoms with Gasteiger partial charge in [-0.3, -0.25) is 5.10 Å². The maximum Gasteiger partial charge on any atom is 0.361 e. The first-order valence-corrected chi connectivity index (χ1v) is 20.0. The van der Waals surface area contributed by atoms with Gasteiger partial charge >= 0.3 is 35.8 Å². The third kappa shape index (κ3) is 10.7. The van der Waals surface area contributed by atoms with Gasteiger partial charge in [-0.1, -0.05) is 12.1 Å². The van der Waals surface area contributed by atoms with E-state index in [-0.39, 0.29) is 5.69 Å². The molecule has 0 bridgehead atoms. The Morgan fingerprint density at radius 2 is 0.722 bits per heavy atom. The molecular formula is C47H31FN2O22. The lowest BCUT2D eigenvalue weighted by Gasteiger charge is -2.13. The maximum atomic E-state index is 13.3. The average Bonchev–Trinajstić information content (AvgIpc) is 3.82. The van der Waals surface area contributed by atoms with Gasteiger partial charge in [0.25, 0.3) is 0 Å². The first-order chi connectivity index (χ1) is 34.1. The minimum absolute atomic E-state index is 0.211. The van der Waals surface area contributed by atoms with Crippen molar-refractivity contribution in [2.45, 2.75) is 12.8 Å². The Kier molecular flexibility index (Phi) is 13.6. The van der Waals surface area contributed by atoms with Crippen LogP contribution in [-0.4, -0.2) is 102 Å². The predicted octanol–water partition coefficient (Wildman–Crippen LogP) is 5.18. The number of hydrogen-bond donors (Lipinski definition) is 12. The molecule has 0 amide bonds. The zero-order valence-corrected chi connectivity index (χ0v) is 35.8. The van der Waals surface area contributed by atoms with Crippen molar-refractivity contribution in [3.8, 4) is 86.2 Å². The number of nitrogens with one attached hydrogen (secondary N) is 1. The summed E-state index contributed by atoms with van der Waals surface area (Å²) in [7, 11) is 0. The highest BCUT2D eigenvalue weighted by atomic mass is 19.1. The number of nitrogens with zero attached hydrogens (tertiary/aromatic N) is 1. The summed E-state index contributed by atoms with van der Waals surface area (Å²) in [6.07, 6.45) is 0.756. The molecule has 24 nitrogen and oxygen atoms in total. The first kappa shape index (κ1) is 49.2. The predicted molar refractivity (Wildman–Crippen MR) is 233 cm³/mol. The third-order valence-corrected chi connectivity index (χ3v) is 9.91. The van der Waals surface area contributed by atoms with Crippen LogP contribution in [0.2, 0.25) is 0 Å². The Hall–Kier alpha value is -10.7. The van der Waals surface area contributed by atoms with E-state index in [1.807, 2.05) is 0 Å². The van der Waals surface area contributed by atoms with Gasteiger partial charge in [-0.25, -0.2) is 33.2 Å². The number of carbonyl (C=O) groups is 6. The lowest BCUT2D eigenvalue weighted by atomic mass is 10.1. The molecule has 0 aliphatic rings. The van der Waals surface area contributed by atoms with Crippen molar-refractivity contribution in [2.24, 2.45) is 0 Å². The van der Waals surface area contributed by atoms with E-state index in [4.69, 9.17) is 23.7 Å². The fourth-order valence-corrected chi connectivity index (χ4v) is 6.26. The minimum Gasteiger partial charge on any atom is -0.504 e. The highest BCUT2D eigenvalue weighted by Crippen LogP contribution is 2.43. The molecule has 0 saturated carbocycles. The van der Waals surface area contributed by atoms with Gasteiger partial charge in [-0.05, 0) is 97.3 Å². The Morgan fingerprint density at radius 3 is 1.06 bits per heavy atom. The van der Waals surface area contributed by atoms with Crippen molar-refractivity contribution in [3.05, 3.63) is 142 Å². The highest BCUT2D eigenvalue weighted by molar-refractivity contribution is 5.98. The quantitative estimate of drug-likeness (QED) is 0.0379. The molecule has 1 heterocycles. The number of esters is 5. The van der Waals surface area contributed by atoms with E-state index in [2.05, 4.69) is 10.2 Å². The fraction of sp³-hybridized carbons (Fsp3) is 0.0426. The van der Waals surface area contributed by atoms with Gasteiger partial charge in [-0.2, -0.15) is 5.10 Å². The number of ether oxygens (including phenoxy) is 5. The van der Waals surface area contributed by atoms with Crippen molar-refractivity contribution in [1.29, 1.82) is 0 Å². The molecular weight excluding hydrogens is 964 g/mol. The second kappa shape index (κ2) is 19.9. The number of carboxylic acids is 1. The van der Waals surface area contributed by atoms with E-state index >= 15 is 0 Å². The Balaban J connectivity index is 1.04. The molecule has 1 aromatic heterocycles. The highest BCUT2D eigenvalue weighted by Gasteiger charge is 2.27. The van der Waals surface area contributed by atoms with Crippen LogP contribution in [-0.2, 0) is 12.8 Å². The van der Waals surface area contributed by atoms with E-state index in [0.717, 1.165) is 11.6 Å². The second-order valence-electron chi connectivity index (χ2n) is 14.9. The van der Waals surface area contributed by atoms with Gasteiger partial charge < -0.3 is 79.9 Å². The van der Waals surface area contributed by atoms with Crippen LogP contribution in [0.1, 0.15) is 73.5 Å². The molecule has 0 radical (unpaired) electrons. The van der Waals surface area contributed by atoms with Crippen molar-refractivity contribution >= 4 is 35.8 Å². The van der Waals surface area contributed by atoms with E-state index < -0.39 is 156 Å². The van der Waals surface area contributed by atoms with Crippen LogP contribution in [0.4, 0.5) is 4.39 Å². The lowest BCUT2D eigenvalue weighted by molar-refractivity contribution is 0.0684. The Morgan fingerprint density at radius 1 is 0.417 bits per heavy atom. The van der Waals surface area contributed by atoms with Gasteiger partial charge in [0.2, 0.25) is 28.7 Å². The summed E-state index contributed by atoms with van der Waals surface area (Å²) in [6, 6.07) is 13.5. The van der Waals surface area contributed by atoms with Gasteiger partial charge in [0, 0.05) is 0 Å². The number of aromatic nitrogens is 2. The summed E-state index contributed by atoms with van der Waals surface area (Å²) in [6.45, 7) is 0. The molecule has 0 aliphatic carbocycles. The van der Waals surface area contributed by atoms with E-state index in [0.29, 0.717) is 73.1 Å². The number of hydrogen-bond acceptors (Lipinski definition) is 22. The first-order valence-electron chi connectivity index (χ1n) is 20.0. The van der Waals surface area contributed by atoms with Crippen LogP contribution in [0.15, 0.2) is 91.0 Å². The van der Waals surface area contributed by atoms with Crippen LogP contribution in [0.25, 0.3) is 0 Å². The summed E-state index contributed by atoms with van der Waals surface area (Å²) < 4.78 is 38.6. The summed E-state index contributed by atoms with van der Waals surface area (Å²) in [5, 5.41) is 119. The van der Waals surface area contributed by atoms with Gasteiger partial charge in [0.1, 0.15) is 11.5 Å².